The van der Waals surface area contributed by atoms with Gasteiger partial charge in [0.2, 0.25) is 0 Å². The number of nitrogens with one attached hydrogen (secondary N) is 1. The molecule has 0 bridgehead atoms. The van der Waals surface area contributed by atoms with Gasteiger partial charge < -0.3 is 5.32 Å². The van der Waals surface area contributed by atoms with Crippen LogP contribution < -0.4 is 5.32 Å². The second-order valence-corrected chi connectivity index (χ2v) is 5.76. The van der Waals surface area contributed by atoms with Crippen molar-refractivity contribution < 1.29 is 13.2 Å². The molecule has 0 aromatic rings. The van der Waals surface area contributed by atoms with Crippen LogP contribution in [0, 0.1) is 5.92 Å². The van der Waals surface area contributed by atoms with Gasteiger partial charge in [-0.2, -0.15) is 13.2 Å². The minimum atomic E-state index is -4.01. The van der Waals surface area contributed by atoms with E-state index in [1.54, 1.807) is 0 Å². The zero-order chi connectivity index (χ0) is 13.6. The molecule has 2 unspecified atom stereocenters. The Balaban J connectivity index is 2.16. The molecule has 0 amide bonds. The first-order valence-corrected chi connectivity index (χ1v) is 7.21. The van der Waals surface area contributed by atoms with E-state index in [-0.39, 0.29) is 12.5 Å². The SMILES string of the molecule is CC(CCCC(F)(F)F)NC(C)C1CCCCC1. The normalized spacial score (nSPS) is 21.8. The third-order valence-corrected chi connectivity index (χ3v) is 4.00. The first kappa shape index (κ1) is 15.8. The lowest BCUT2D eigenvalue weighted by atomic mass is 9.84. The maximum Gasteiger partial charge on any atom is 0.389 e. The summed E-state index contributed by atoms with van der Waals surface area (Å²) in [4.78, 5) is 0. The fraction of sp³-hybridized carbons (Fsp3) is 1.00. The van der Waals surface area contributed by atoms with E-state index < -0.39 is 12.6 Å². The molecule has 108 valence electrons. The van der Waals surface area contributed by atoms with E-state index in [0.29, 0.717) is 18.4 Å². The van der Waals surface area contributed by atoms with Crippen LogP contribution in [0.4, 0.5) is 13.2 Å². The molecule has 0 aliphatic heterocycles. The van der Waals surface area contributed by atoms with Gasteiger partial charge >= 0.3 is 6.18 Å². The molecule has 1 aliphatic carbocycles. The van der Waals surface area contributed by atoms with Crippen LogP contribution in [-0.4, -0.2) is 18.3 Å². The quantitative estimate of drug-likeness (QED) is 0.736. The molecule has 1 rings (SSSR count). The van der Waals surface area contributed by atoms with E-state index in [9.17, 15) is 13.2 Å². The van der Waals surface area contributed by atoms with E-state index in [2.05, 4.69) is 12.2 Å². The maximum atomic E-state index is 12.0. The molecule has 1 saturated carbocycles. The van der Waals surface area contributed by atoms with Crippen LogP contribution in [0.2, 0.25) is 0 Å². The highest BCUT2D eigenvalue weighted by atomic mass is 19.4. The van der Waals surface area contributed by atoms with Crippen LogP contribution >= 0.6 is 0 Å². The third-order valence-electron chi connectivity index (χ3n) is 4.00. The highest BCUT2D eigenvalue weighted by Crippen LogP contribution is 2.27. The Hall–Kier alpha value is -0.250. The molecule has 1 aliphatic rings. The second kappa shape index (κ2) is 7.37. The Morgan fingerprint density at radius 3 is 2.28 bits per heavy atom. The molecule has 1 fully saturated rings. The van der Waals surface area contributed by atoms with E-state index in [0.717, 1.165) is 0 Å². The van der Waals surface area contributed by atoms with E-state index in [1.165, 1.54) is 32.1 Å². The van der Waals surface area contributed by atoms with E-state index in [1.807, 2.05) is 6.92 Å². The zero-order valence-electron chi connectivity index (χ0n) is 11.5. The van der Waals surface area contributed by atoms with Crippen LogP contribution in [0.25, 0.3) is 0 Å². The smallest absolute Gasteiger partial charge is 0.312 e. The van der Waals surface area contributed by atoms with Crippen LogP contribution in [0.1, 0.15) is 65.2 Å². The average Bonchev–Trinajstić information content (AvgIpc) is 2.28. The molecular formula is C14H26F3N. The Morgan fingerprint density at radius 1 is 1.11 bits per heavy atom. The monoisotopic (exact) mass is 265 g/mol. The van der Waals surface area contributed by atoms with Crippen LogP contribution in [-0.2, 0) is 0 Å². The largest absolute Gasteiger partial charge is 0.389 e. The summed E-state index contributed by atoms with van der Waals surface area (Å²) in [7, 11) is 0. The predicted octanol–water partition coefficient (Wildman–Crippen LogP) is 4.67. The lowest BCUT2D eigenvalue weighted by molar-refractivity contribution is -0.135. The van der Waals surface area contributed by atoms with Gasteiger partial charge in [0.25, 0.3) is 0 Å². The summed E-state index contributed by atoms with van der Waals surface area (Å²) in [6, 6.07) is 0.621. The zero-order valence-corrected chi connectivity index (χ0v) is 11.5. The Morgan fingerprint density at radius 2 is 1.72 bits per heavy atom. The van der Waals surface area contributed by atoms with Crippen molar-refractivity contribution in [3.05, 3.63) is 0 Å². The van der Waals surface area contributed by atoms with Gasteiger partial charge in [0.1, 0.15) is 0 Å². The molecule has 4 heteroatoms. The van der Waals surface area contributed by atoms with Crippen LogP contribution in [0.5, 0.6) is 0 Å². The van der Waals surface area contributed by atoms with E-state index >= 15 is 0 Å². The van der Waals surface area contributed by atoms with Gasteiger partial charge in [-0.05, 0) is 45.4 Å². The van der Waals surface area contributed by atoms with Gasteiger partial charge in [0.05, 0.1) is 0 Å². The number of rotatable bonds is 6. The molecule has 0 radical (unpaired) electrons. The Kier molecular flexibility index (Phi) is 6.47. The van der Waals surface area contributed by atoms with Crippen molar-refractivity contribution in [3.63, 3.8) is 0 Å². The van der Waals surface area contributed by atoms with Gasteiger partial charge in [-0.1, -0.05) is 19.3 Å². The lowest BCUT2D eigenvalue weighted by Gasteiger charge is -2.30. The van der Waals surface area contributed by atoms with Crippen molar-refractivity contribution >= 4 is 0 Å². The number of halogens is 3. The molecule has 0 spiro atoms. The van der Waals surface area contributed by atoms with Crippen LogP contribution in [0.3, 0.4) is 0 Å². The molecule has 0 saturated heterocycles. The molecule has 2 atom stereocenters. The minimum Gasteiger partial charge on any atom is -0.312 e. The molecule has 1 nitrogen and oxygen atoms in total. The van der Waals surface area contributed by atoms with Crippen molar-refractivity contribution in [1.82, 2.24) is 5.32 Å². The highest BCUT2D eigenvalue weighted by molar-refractivity contribution is 4.78. The predicted molar refractivity (Wildman–Crippen MR) is 68.5 cm³/mol. The second-order valence-electron chi connectivity index (χ2n) is 5.76. The lowest BCUT2D eigenvalue weighted by Crippen LogP contribution is -2.40. The average molecular weight is 265 g/mol. The fourth-order valence-electron chi connectivity index (χ4n) is 2.91. The van der Waals surface area contributed by atoms with Gasteiger partial charge in [-0.15, -0.1) is 0 Å². The van der Waals surface area contributed by atoms with Crippen molar-refractivity contribution in [2.45, 2.75) is 83.5 Å². The summed E-state index contributed by atoms with van der Waals surface area (Å²) >= 11 is 0. The summed E-state index contributed by atoms with van der Waals surface area (Å²) in [6.07, 6.45) is 2.66. The minimum absolute atomic E-state index is 0.185. The molecule has 0 heterocycles. The van der Waals surface area contributed by atoms with Gasteiger partial charge in [-0.3, -0.25) is 0 Å². The van der Waals surface area contributed by atoms with Gasteiger partial charge in [0.15, 0.2) is 0 Å². The summed E-state index contributed by atoms with van der Waals surface area (Å²) in [5.41, 5.74) is 0. The molecule has 0 aromatic heterocycles. The summed E-state index contributed by atoms with van der Waals surface area (Å²) in [5, 5.41) is 3.47. The standard InChI is InChI=1S/C14H26F3N/c1-11(7-6-10-14(15,16)17)18-12(2)13-8-4-3-5-9-13/h11-13,18H,3-10H2,1-2H3. The Bertz CT molecular complexity index is 222. The van der Waals surface area contributed by atoms with Crippen LogP contribution in [0.15, 0.2) is 0 Å². The number of alkyl halides is 3. The number of hydrogen-bond donors (Lipinski definition) is 1. The first-order valence-electron chi connectivity index (χ1n) is 7.21. The fourth-order valence-corrected chi connectivity index (χ4v) is 2.91. The van der Waals surface area contributed by atoms with Gasteiger partial charge in [-0.25, -0.2) is 0 Å². The highest BCUT2D eigenvalue weighted by Gasteiger charge is 2.27. The molecule has 18 heavy (non-hydrogen) atoms. The Labute approximate surface area is 109 Å². The van der Waals surface area contributed by atoms with Crippen molar-refractivity contribution in [3.8, 4) is 0 Å². The summed E-state index contributed by atoms with van der Waals surface area (Å²) in [5.74, 6) is 0.712. The summed E-state index contributed by atoms with van der Waals surface area (Å²) < 4.78 is 36.1. The topological polar surface area (TPSA) is 12.0 Å². The molecule has 1 N–H and O–H groups in total. The van der Waals surface area contributed by atoms with Crippen molar-refractivity contribution in [2.24, 2.45) is 5.92 Å². The molecule has 0 aromatic carbocycles. The first-order chi connectivity index (χ1) is 8.38. The van der Waals surface area contributed by atoms with Crippen molar-refractivity contribution in [1.29, 1.82) is 0 Å². The molecular weight excluding hydrogens is 239 g/mol. The van der Waals surface area contributed by atoms with E-state index in [4.69, 9.17) is 0 Å². The maximum absolute atomic E-state index is 12.0. The number of hydrogen-bond acceptors (Lipinski definition) is 1. The third kappa shape index (κ3) is 6.62. The summed E-state index contributed by atoms with van der Waals surface area (Å²) in [6.45, 7) is 4.17. The van der Waals surface area contributed by atoms with Gasteiger partial charge in [0, 0.05) is 18.5 Å². The van der Waals surface area contributed by atoms with Crippen molar-refractivity contribution in [2.75, 3.05) is 0 Å².